The number of nitro benzene ring substituents is 1. The fourth-order valence-corrected chi connectivity index (χ4v) is 3.46. The summed E-state index contributed by atoms with van der Waals surface area (Å²) in [5.41, 5.74) is -0.479. The van der Waals surface area contributed by atoms with Crippen LogP contribution in [0.4, 0.5) is 10.1 Å². The molecule has 0 aliphatic carbocycles. The molecule has 0 atom stereocenters. The monoisotopic (exact) mass is 379 g/mol. The quantitative estimate of drug-likeness (QED) is 0.561. The van der Waals surface area contributed by atoms with Crippen LogP contribution >= 0.6 is 0 Å². The number of benzene rings is 1. The van der Waals surface area contributed by atoms with Gasteiger partial charge in [0, 0.05) is 38.2 Å². The van der Waals surface area contributed by atoms with Crippen molar-refractivity contribution in [2.75, 3.05) is 26.7 Å². The number of nitrogens with zero attached hydrogens (tertiary/aromatic N) is 3. The molecular formula is C19H26FN3O4. The van der Waals surface area contributed by atoms with Crippen molar-refractivity contribution >= 4 is 17.5 Å². The van der Waals surface area contributed by atoms with Gasteiger partial charge < -0.3 is 9.80 Å². The van der Waals surface area contributed by atoms with E-state index >= 15 is 0 Å². The zero-order valence-corrected chi connectivity index (χ0v) is 16.0. The van der Waals surface area contributed by atoms with Crippen LogP contribution in [0.2, 0.25) is 0 Å². The third kappa shape index (κ3) is 4.81. The highest BCUT2D eigenvalue weighted by molar-refractivity contribution is 5.98. The van der Waals surface area contributed by atoms with Crippen LogP contribution in [0.15, 0.2) is 12.1 Å². The molecule has 148 valence electrons. The molecule has 1 aliphatic heterocycles. The predicted molar refractivity (Wildman–Crippen MR) is 99.0 cm³/mol. The van der Waals surface area contributed by atoms with Crippen molar-refractivity contribution in [3.63, 3.8) is 0 Å². The molecule has 0 unspecified atom stereocenters. The van der Waals surface area contributed by atoms with Crippen molar-refractivity contribution in [2.24, 2.45) is 5.92 Å². The zero-order chi connectivity index (χ0) is 20.1. The highest BCUT2D eigenvalue weighted by atomic mass is 19.1. The standard InChI is InChI=1S/C19H26FN3O4/c1-4-5-8-21(3)18(24)14-6-9-22(10-7-14)19(25)16-12-15(20)11-13(2)17(16)23(26)27/h11-12,14H,4-10H2,1-3H3. The van der Waals surface area contributed by atoms with Crippen molar-refractivity contribution in [2.45, 2.75) is 39.5 Å². The molecule has 7 nitrogen and oxygen atoms in total. The van der Waals surface area contributed by atoms with Crippen molar-refractivity contribution in [1.82, 2.24) is 9.80 Å². The van der Waals surface area contributed by atoms with Crippen molar-refractivity contribution in [1.29, 1.82) is 0 Å². The Morgan fingerprint density at radius 3 is 2.52 bits per heavy atom. The Hall–Kier alpha value is -2.51. The van der Waals surface area contributed by atoms with Gasteiger partial charge in [0.05, 0.1) is 4.92 Å². The second-order valence-corrected chi connectivity index (χ2v) is 7.06. The Kier molecular flexibility index (Phi) is 6.87. The Bertz CT molecular complexity index is 730. The lowest BCUT2D eigenvalue weighted by molar-refractivity contribution is -0.385. The number of piperidine rings is 1. The first-order valence-electron chi connectivity index (χ1n) is 9.25. The SMILES string of the molecule is CCCCN(C)C(=O)C1CCN(C(=O)c2cc(F)cc(C)c2[N+](=O)[O-])CC1. The molecule has 0 aromatic heterocycles. The molecule has 2 rings (SSSR count). The number of hydrogen-bond donors (Lipinski definition) is 0. The molecule has 1 aromatic carbocycles. The van der Waals surface area contributed by atoms with Crippen LogP contribution in [0.3, 0.4) is 0 Å². The summed E-state index contributed by atoms with van der Waals surface area (Å²) in [4.78, 5) is 39.1. The maximum atomic E-state index is 13.7. The van der Waals surface area contributed by atoms with Crippen LogP contribution in [-0.4, -0.2) is 53.2 Å². The van der Waals surface area contributed by atoms with Gasteiger partial charge >= 0.3 is 0 Å². The van der Waals surface area contributed by atoms with Crippen LogP contribution in [0.5, 0.6) is 0 Å². The summed E-state index contributed by atoms with van der Waals surface area (Å²) < 4.78 is 13.7. The first-order chi connectivity index (χ1) is 12.8. The summed E-state index contributed by atoms with van der Waals surface area (Å²) in [7, 11) is 1.79. The number of rotatable bonds is 6. The summed E-state index contributed by atoms with van der Waals surface area (Å²) in [5.74, 6) is -1.32. The maximum absolute atomic E-state index is 13.7. The zero-order valence-electron chi connectivity index (χ0n) is 16.0. The number of halogens is 1. The smallest absolute Gasteiger partial charge is 0.285 e. The fraction of sp³-hybridized carbons (Fsp3) is 0.579. The van der Waals surface area contributed by atoms with Crippen molar-refractivity contribution < 1.29 is 18.9 Å². The highest BCUT2D eigenvalue weighted by Gasteiger charge is 2.32. The summed E-state index contributed by atoms with van der Waals surface area (Å²) >= 11 is 0. The van der Waals surface area contributed by atoms with Crippen LogP contribution in [0.1, 0.15) is 48.5 Å². The van der Waals surface area contributed by atoms with Gasteiger partial charge in [0.15, 0.2) is 0 Å². The number of aryl methyl sites for hydroxylation is 1. The van der Waals surface area contributed by atoms with E-state index in [0.717, 1.165) is 25.0 Å². The van der Waals surface area contributed by atoms with Crippen molar-refractivity contribution in [3.8, 4) is 0 Å². The number of nitro groups is 1. The second-order valence-electron chi connectivity index (χ2n) is 7.06. The van der Waals surface area contributed by atoms with Gasteiger partial charge in [-0.15, -0.1) is 0 Å². The molecule has 1 aromatic rings. The van der Waals surface area contributed by atoms with Gasteiger partial charge in [-0.2, -0.15) is 0 Å². The minimum absolute atomic E-state index is 0.0723. The van der Waals surface area contributed by atoms with E-state index < -0.39 is 16.6 Å². The predicted octanol–water partition coefficient (Wildman–Crippen LogP) is 3.15. The molecule has 2 amide bonds. The number of amides is 2. The van der Waals surface area contributed by atoms with Gasteiger partial charge in [0.25, 0.3) is 11.6 Å². The average molecular weight is 379 g/mol. The van der Waals surface area contributed by atoms with Crippen LogP contribution in [-0.2, 0) is 4.79 Å². The van der Waals surface area contributed by atoms with E-state index in [4.69, 9.17) is 0 Å². The molecule has 0 N–H and O–H groups in total. The highest BCUT2D eigenvalue weighted by Crippen LogP contribution is 2.28. The van der Waals surface area contributed by atoms with Gasteiger partial charge in [-0.3, -0.25) is 19.7 Å². The number of likely N-dealkylation sites (tertiary alicyclic amines) is 1. The Labute approximate surface area is 158 Å². The molecule has 0 saturated carbocycles. The van der Waals surface area contributed by atoms with Gasteiger partial charge in [-0.1, -0.05) is 13.3 Å². The van der Waals surface area contributed by atoms with E-state index in [2.05, 4.69) is 6.92 Å². The minimum atomic E-state index is -0.677. The number of unbranched alkanes of at least 4 members (excludes halogenated alkanes) is 1. The first kappa shape index (κ1) is 20.8. The summed E-state index contributed by atoms with van der Waals surface area (Å²) in [6.07, 6.45) is 2.96. The molecule has 1 fully saturated rings. The minimum Gasteiger partial charge on any atom is -0.346 e. The van der Waals surface area contributed by atoms with E-state index in [9.17, 15) is 24.1 Å². The van der Waals surface area contributed by atoms with E-state index in [-0.39, 0.29) is 28.6 Å². The largest absolute Gasteiger partial charge is 0.346 e. The molecule has 0 radical (unpaired) electrons. The Balaban J connectivity index is 2.08. The average Bonchev–Trinajstić information content (AvgIpc) is 2.63. The van der Waals surface area contributed by atoms with Crippen molar-refractivity contribution in [3.05, 3.63) is 39.2 Å². The summed E-state index contributed by atoms with van der Waals surface area (Å²) in [5, 5.41) is 11.3. The summed E-state index contributed by atoms with van der Waals surface area (Å²) in [6.45, 7) is 4.83. The third-order valence-corrected chi connectivity index (χ3v) is 5.03. The lowest BCUT2D eigenvalue weighted by atomic mass is 9.94. The van der Waals surface area contributed by atoms with E-state index in [1.165, 1.54) is 11.8 Å². The number of carbonyl (C=O) groups is 2. The Morgan fingerprint density at radius 2 is 1.96 bits per heavy atom. The van der Waals surface area contributed by atoms with Gasteiger partial charge in [-0.05, 0) is 38.3 Å². The molecule has 0 spiro atoms. The molecule has 1 heterocycles. The summed E-state index contributed by atoms with van der Waals surface area (Å²) in [6, 6.07) is 1.97. The van der Waals surface area contributed by atoms with Crippen LogP contribution < -0.4 is 0 Å². The number of carbonyl (C=O) groups excluding carboxylic acids is 2. The van der Waals surface area contributed by atoms with E-state index in [1.54, 1.807) is 11.9 Å². The third-order valence-electron chi connectivity index (χ3n) is 5.03. The van der Waals surface area contributed by atoms with Gasteiger partial charge in [-0.25, -0.2) is 4.39 Å². The lowest BCUT2D eigenvalue weighted by Gasteiger charge is -2.33. The first-order valence-corrected chi connectivity index (χ1v) is 9.25. The molecule has 8 heteroatoms. The number of hydrogen-bond acceptors (Lipinski definition) is 4. The van der Waals surface area contributed by atoms with Gasteiger partial charge in [0.2, 0.25) is 5.91 Å². The molecule has 1 saturated heterocycles. The fourth-order valence-electron chi connectivity index (χ4n) is 3.46. The van der Waals surface area contributed by atoms with E-state index in [0.29, 0.717) is 32.5 Å². The Morgan fingerprint density at radius 1 is 1.33 bits per heavy atom. The lowest BCUT2D eigenvalue weighted by Crippen LogP contribution is -2.43. The van der Waals surface area contributed by atoms with Crippen LogP contribution in [0, 0.1) is 28.8 Å². The molecular weight excluding hydrogens is 353 g/mol. The van der Waals surface area contributed by atoms with Gasteiger partial charge in [0.1, 0.15) is 11.4 Å². The van der Waals surface area contributed by atoms with Crippen LogP contribution in [0.25, 0.3) is 0 Å². The normalized spacial score (nSPS) is 14.9. The molecule has 0 bridgehead atoms. The molecule has 27 heavy (non-hydrogen) atoms. The molecule has 1 aliphatic rings. The topological polar surface area (TPSA) is 83.8 Å². The maximum Gasteiger partial charge on any atom is 0.285 e. The van der Waals surface area contributed by atoms with E-state index in [1.807, 2.05) is 0 Å². The second kappa shape index (κ2) is 8.92.